The van der Waals surface area contributed by atoms with Crippen molar-refractivity contribution in [3.05, 3.63) is 12.2 Å². The molecule has 3 unspecified atom stereocenters. The molecule has 1 nitrogen and oxygen atoms in total. The van der Waals surface area contributed by atoms with Crippen LogP contribution in [-0.4, -0.2) is 5.78 Å². The van der Waals surface area contributed by atoms with E-state index in [4.69, 9.17) is 0 Å². The lowest BCUT2D eigenvalue weighted by Crippen LogP contribution is -2.50. The second kappa shape index (κ2) is 2.63. The zero-order chi connectivity index (χ0) is 11.8. The van der Waals surface area contributed by atoms with Gasteiger partial charge in [0.15, 0.2) is 5.78 Å². The van der Waals surface area contributed by atoms with Gasteiger partial charge in [-0.25, -0.2) is 0 Å². The molecule has 0 saturated heterocycles. The minimum atomic E-state index is 0.202. The van der Waals surface area contributed by atoms with Gasteiger partial charge in [-0.15, -0.1) is 0 Å². The fraction of sp³-hybridized carbons (Fsp3) is 0.800. The lowest BCUT2D eigenvalue weighted by atomic mass is 9.51. The number of hydrogen-bond donors (Lipinski definition) is 0. The van der Waals surface area contributed by atoms with Crippen molar-refractivity contribution in [2.45, 2.75) is 47.0 Å². The predicted octanol–water partition coefficient (Wildman–Crippen LogP) is 3.59. The highest BCUT2D eigenvalue weighted by atomic mass is 16.1. The number of fused-ring (bicyclic) bond motifs is 1. The van der Waals surface area contributed by atoms with Crippen molar-refractivity contribution < 1.29 is 4.79 Å². The molecule has 0 aromatic carbocycles. The lowest BCUT2D eigenvalue weighted by molar-refractivity contribution is -0.132. The summed E-state index contributed by atoms with van der Waals surface area (Å²) in [5.74, 6) is 1.44. The van der Waals surface area contributed by atoms with E-state index in [1.54, 1.807) is 0 Å². The third-order valence-electron chi connectivity index (χ3n) is 6.13. The Morgan fingerprint density at radius 3 is 2.56 bits per heavy atom. The monoisotopic (exact) mass is 218 g/mol. The Bertz CT molecular complexity index is 388. The van der Waals surface area contributed by atoms with E-state index in [9.17, 15) is 4.79 Å². The average molecular weight is 218 g/mol. The summed E-state index contributed by atoms with van der Waals surface area (Å²) >= 11 is 0. The van der Waals surface area contributed by atoms with Crippen LogP contribution in [-0.2, 0) is 4.79 Å². The standard InChI is InChI=1S/C15H22O/c1-13(2)7-6-11(16)12-14(3,4)10-5-8-15(12,13)9-10/h6-7,10,12H,5,8-9H2,1-4H3. The second-order valence-electron chi connectivity index (χ2n) is 7.31. The van der Waals surface area contributed by atoms with Crippen LogP contribution in [0, 0.1) is 28.1 Å². The molecule has 3 atom stereocenters. The second-order valence-corrected chi connectivity index (χ2v) is 7.31. The van der Waals surface area contributed by atoms with E-state index in [1.807, 2.05) is 6.08 Å². The van der Waals surface area contributed by atoms with Gasteiger partial charge >= 0.3 is 0 Å². The largest absolute Gasteiger partial charge is 0.295 e. The summed E-state index contributed by atoms with van der Waals surface area (Å²) in [5.41, 5.74) is 0.693. The molecule has 0 N–H and O–H groups in total. The number of hydrogen-bond acceptors (Lipinski definition) is 1. The van der Waals surface area contributed by atoms with Gasteiger partial charge in [0.25, 0.3) is 0 Å². The van der Waals surface area contributed by atoms with Crippen molar-refractivity contribution in [3.63, 3.8) is 0 Å². The van der Waals surface area contributed by atoms with Crippen molar-refractivity contribution >= 4 is 5.78 Å². The molecule has 0 radical (unpaired) electrons. The van der Waals surface area contributed by atoms with Gasteiger partial charge < -0.3 is 0 Å². The van der Waals surface area contributed by atoms with Crippen LogP contribution in [0.15, 0.2) is 12.2 Å². The van der Waals surface area contributed by atoms with Crippen molar-refractivity contribution in [2.75, 3.05) is 0 Å². The van der Waals surface area contributed by atoms with Gasteiger partial charge in [-0.1, -0.05) is 33.8 Å². The van der Waals surface area contributed by atoms with Gasteiger partial charge in [-0.05, 0) is 47.5 Å². The molecule has 3 aliphatic carbocycles. The summed E-state index contributed by atoms with van der Waals surface area (Å²) in [4.78, 5) is 12.3. The Morgan fingerprint density at radius 1 is 1.25 bits per heavy atom. The van der Waals surface area contributed by atoms with Gasteiger partial charge in [0.1, 0.15) is 0 Å². The summed E-state index contributed by atoms with van der Waals surface area (Å²) in [7, 11) is 0. The molecular weight excluding hydrogens is 196 g/mol. The molecule has 16 heavy (non-hydrogen) atoms. The molecule has 3 rings (SSSR count). The number of ketones is 1. The summed E-state index contributed by atoms with van der Waals surface area (Å²) in [6, 6.07) is 0. The van der Waals surface area contributed by atoms with Crippen LogP contribution < -0.4 is 0 Å². The number of carbonyl (C=O) groups is 1. The van der Waals surface area contributed by atoms with Crippen LogP contribution >= 0.6 is 0 Å². The number of carbonyl (C=O) groups excluding carboxylic acids is 1. The first kappa shape index (κ1) is 10.6. The summed E-state index contributed by atoms with van der Waals surface area (Å²) in [6.45, 7) is 9.28. The van der Waals surface area contributed by atoms with Crippen LogP contribution in [0.25, 0.3) is 0 Å². The quantitative estimate of drug-likeness (QED) is 0.607. The molecular formula is C15H22O. The molecule has 1 heteroatoms. The number of rotatable bonds is 0. The molecule has 0 aliphatic heterocycles. The first-order chi connectivity index (χ1) is 7.31. The zero-order valence-electron chi connectivity index (χ0n) is 10.8. The van der Waals surface area contributed by atoms with Crippen molar-refractivity contribution in [1.29, 1.82) is 0 Å². The van der Waals surface area contributed by atoms with Gasteiger partial charge in [0, 0.05) is 5.92 Å². The minimum Gasteiger partial charge on any atom is -0.295 e. The normalized spacial score (nSPS) is 47.1. The zero-order valence-corrected chi connectivity index (χ0v) is 10.8. The van der Waals surface area contributed by atoms with Crippen LogP contribution in [0.3, 0.4) is 0 Å². The van der Waals surface area contributed by atoms with E-state index in [2.05, 4.69) is 33.8 Å². The molecule has 2 fully saturated rings. The van der Waals surface area contributed by atoms with Crippen molar-refractivity contribution in [3.8, 4) is 0 Å². The third-order valence-corrected chi connectivity index (χ3v) is 6.13. The molecule has 0 heterocycles. The van der Waals surface area contributed by atoms with Gasteiger partial charge in [-0.3, -0.25) is 4.79 Å². The summed E-state index contributed by atoms with van der Waals surface area (Å²) in [5, 5.41) is 0. The van der Waals surface area contributed by atoms with E-state index in [1.165, 1.54) is 19.3 Å². The smallest absolute Gasteiger partial charge is 0.159 e. The van der Waals surface area contributed by atoms with Gasteiger partial charge in [0.2, 0.25) is 0 Å². The highest BCUT2D eigenvalue weighted by Gasteiger charge is 2.68. The third kappa shape index (κ3) is 0.919. The molecule has 88 valence electrons. The highest BCUT2D eigenvalue weighted by molar-refractivity contribution is 5.94. The Balaban J connectivity index is 2.20. The van der Waals surface area contributed by atoms with Crippen LogP contribution in [0.4, 0.5) is 0 Å². The Labute approximate surface area is 98.3 Å². The molecule has 0 aromatic rings. The van der Waals surface area contributed by atoms with Crippen molar-refractivity contribution in [2.24, 2.45) is 28.1 Å². The SMILES string of the molecule is CC1(C)C2CCC3(C2)C1C(=O)C=CC3(C)C. The van der Waals surface area contributed by atoms with E-state index < -0.39 is 0 Å². The lowest BCUT2D eigenvalue weighted by Gasteiger charge is -2.52. The Hall–Kier alpha value is -0.590. The summed E-state index contributed by atoms with van der Waals surface area (Å²) in [6.07, 6.45) is 7.89. The molecule has 0 aromatic heterocycles. The van der Waals surface area contributed by atoms with E-state index >= 15 is 0 Å². The number of allylic oxidation sites excluding steroid dienone is 2. The molecule has 2 bridgehead atoms. The van der Waals surface area contributed by atoms with Crippen molar-refractivity contribution in [1.82, 2.24) is 0 Å². The first-order valence-electron chi connectivity index (χ1n) is 6.54. The maximum Gasteiger partial charge on any atom is 0.159 e. The fourth-order valence-electron chi connectivity index (χ4n) is 5.07. The maximum absolute atomic E-state index is 12.3. The molecule has 0 amide bonds. The maximum atomic E-state index is 12.3. The highest BCUT2D eigenvalue weighted by Crippen LogP contribution is 2.73. The van der Waals surface area contributed by atoms with Crippen LogP contribution in [0.1, 0.15) is 47.0 Å². The molecule has 1 spiro atoms. The molecule has 2 saturated carbocycles. The van der Waals surface area contributed by atoms with Crippen LogP contribution in [0.5, 0.6) is 0 Å². The van der Waals surface area contributed by atoms with Crippen LogP contribution in [0.2, 0.25) is 0 Å². The van der Waals surface area contributed by atoms with E-state index in [0.29, 0.717) is 5.78 Å². The predicted molar refractivity (Wildman–Crippen MR) is 65.0 cm³/mol. The minimum absolute atomic E-state index is 0.202. The fourth-order valence-corrected chi connectivity index (χ4v) is 5.07. The topological polar surface area (TPSA) is 17.1 Å². The average Bonchev–Trinajstić information content (AvgIpc) is 2.67. The Kier molecular flexibility index (Phi) is 1.73. The Morgan fingerprint density at radius 2 is 1.94 bits per heavy atom. The van der Waals surface area contributed by atoms with E-state index in [0.717, 1.165) is 5.92 Å². The molecule has 3 aliphatic rings. The van der Waals surface area contributed by atoms with Gasteiger partial charge in [-0.2, -0.15) is 0 Å². The summed E-state index contributed by atoms with van der Waals surface area (Å²) < 4.78 is 0. The van der Waals surface area contributed by atoms with Gasteiger partial charge in [0.05, 0.1) is 0 Å². The first-order valence-corrected chi connectivity index (χ1v) is 6.54. The van der Waals surface area contributed by atoms with E-state index in [-0.39, 0.29) is 22.2 Å².